The van der Waals surface area contributed by atoms with Crippen molar-refractivity contribution < 1.29 is 0 Å². The van der Waals surface area contributed by atoms with Crippen molar-refractivity contribution in [2.75, 3.05) is 39.3 Å². The van der Waals surface area contributed by atoms with Gasteiger partial charge in [0.25, 0.3) is 0 Å². The van der Waals surface area contributed by atoms with E-state index in [-0.39, 0.29) is 0 Å². The SMILES string of the molecule is CCCN1CCC(N2CC3CCCN3CC2C)CC1. The van der Waals surface area contributed by atoms with Crippen molar-refractivity contribution >= 4 is 0 Å². The molecule has 3 rings (SSSR count). The molecule has 3 nitrogen and oxygen atoms in total. The lowest BCUT2D eigenvalue weighted by Gasteiger charge is -2.48. The summed E-state index contributed by atoms with van der Waals surface area (Å²) < 4.78 is 0. The molecule has 3 saturated heterocycles. The smallest absolute Gasteiger partial charge is 0.0224 e. The second kappa shape index (κ2) is 6.11. The summed E-state index contributed by atoms with van der Waals surface area (Å²) in [6.07, 6.45) is 6.98. The van der Waals surface area contributed by atoms with E-state index in [2.05, 4.69) is 28.5 Å². The Morgan fingerprint density at radius 1 is 0.947 bits per heavy atom. The largest absolute Gasteiger partial charge is 0.303 e. The first-order valence-electron chi connectivity index (χ1n) is 8.50. The Morgan fingerprint density at radius 2 is 1.74 bits per heavy atom. The van der Waals surface area contributed by atoms with Crippen LogP contribution in [-0.2, 0) is 0 Å². The molecule has 3 heteroatoms. The Kier molecular flexibility index (Phi) is 4.45. The zero-order valence-electron chi connectivity index (χ0n) is 12.9. The second-order valence-corrected chi connectivity index (χ2v) is 6.91. The first-order chi connectivity index (χ1) is 9.28. The van der Waals surface area contributed by atoms with E-state index in [0.29, 0.717) is 0 Å². The molecule has 0 amide bonds. The van der Waals surface area contributed by atoms with Gasteiger partial charge in [0.15, 0.2) is 0 Å². The number of hydrogen-bond donors (Lipinski definition) is 0. The van der Waals surface area contributed by atoms with Crippen LogP contribution in [0.15, 0.2) is 0 Å². The van der Waals surface area contributed by atoms with Crippen molar-refractivity contribution in [2.45, 2.75) is 64.1 Å². The minimum atomic E-state index is 0.775. The van der Waals surface area contributed by atoms with Crippen LogP contribution in [-0.4, -0.2) is 72.1 Å². The van der Waals surface area contributed by atoms with Gasteiger partial charge in [0.2, 0.25) is 0 Å². The zero-order valence-corrected chi connectivity index (χ0v) is 12.9. The molecule has 3 fully saturated rings. The van der Waals surface area contributed by atoms with Gasteiger partial charge in [-0.2, -0.15) is 0 Å². The van der Waals surface area contributed by atoms with Crippen molar-refractivity contribution in [2.24, 2.45) is 0 Å². The highest BCUT2D eigenvalue weighted by Crippen LogP contribution is 2.28. The summed E-state index contributed by atoms with van der Waals surface area (Å²) in [5.74, 6) is 0. The van der Waals surface area contributed by atoms with E-state index in [1.54, 1.807) is 0 Å². The van der Waals surface area contributed by atoms with Crippen molar-refractivity contribution in [3.63, 3.8) is 0 Å². The van der Waals surface area contributed by atoms with Crippen LogP contribution >= 0.6 is 0 Å². The molecule has 3 heterocycles. The summed E-state index contributed by atoms with van der Waals surface area (Å²) in [4.78, 5) is 8.26. The van der Waals surface area contributed by atoms with Crippen molar-refractivity contribution in [3.05, 3.63) is 0 Å². The minimum absolute atomic E-state index is 0.775. The van der Waals surface area contributed by atoms with E-state index >= 15 is 0 Å². The Labute approximate surface area is 118 Å². The van der Waals surface area contributed by atoms with Gasteiger partial charge < -0.3 is 4.90 Å². The van der Waals surface area contributed by atoms with Crippen LogP contribution in [0.4, 0.5) is 0 Å². The highest BCUT2D eigenvalue weighted by atomic mass is 15.3. The molecule has 0 N–H and O–H groups in total. The first kappa shape index (κ1) is 13.8. The second-order valence-electron chi connectivity index (χ2n) is 6.91. The molecular formula is C16H31N3. The van der Waals surface area contributed by atoms with Crippen LogP contribution in [0.1, 0.15) is 46.0 Å². The van der Waals surface area contributed by atoms with E-state index in [0.717, 1.165) is 18.1 Å². The lowest BCUT2D eigenvalue weighted by Crippen LogP contribution is -2.59. The van der Waals surface area contributed by atoms with Crippen molar-refractivity contribution in [3.8, 4) is 0 Å². The third-order valence-electron chi connectivity index (χ3n) is 5.55. The Balaban J connectivity index is 1.54. The number of likely N-dealkylation sites (tertiary alicyclic amines) is 1. The van der Waals surface area contributed by atoms with Crippen LogP contribution in [0.5, 0.6) is 0 Å². The van der Waals surface area contributed by atoms with Gasteiger partial charge in [0, 0.05) is 31.2 Å². The van der Waals surface area contributed by atoms with Gasteiger partial charge in [0.05, 0.1) is 0 Å². The number of nitrogens with zero attached hydrogens (tertiary/aromatic N) is 3. The van der Waals surface area contributed by atoms with E-state index in [1.165, 1.54) is 71.4 Å². The summed E-state index contributed by atoms with van der Waals surface area (Å²) in [5, 5.41) is 0. The Morgan fingerprint density at radius 3 is 2.47 bits per heavy atom. The molecule has 19 heavy (non-hydrogen) atoms. The molecule has 0 aromatic carbocycles. The predicted molar refractivity (Wildman–Crippen MR) is 80.5 cm³/mol. The van der Waals surface area contributed by atoms with Gasteiger partial charge >= 0.3 is 0 Å². The maximum absolute atomic E-state index is 2.86. The summed E-state index contributed by atoms with van der Waals surface area (Å²) in [6.45, 7) is 12.7. The van der Waals surface area contributed by atoms with Crippen LogP contribution < -0.4 is 0 Å². The molecule has 0 spiro atoms. The molecule has 0 aromatic rings. The van der Waals surface area contributed by atoms with E-state index < -0.39 is 0 Å². The molecule has 0 aliphatic carbocycles. The highest BCUT2D eigenvalue weighted by molar-refractivity contribution is 4.94. The van der Waals surface area contributed by atoms with Crippen molar-refractivity contribution in [1.29, 1.82) is 0 Å². The number of rotatable bonds is 3. The number of piperazine rings is 1. The fourth-order valence-corrected chi connectivity index (χ4v) is 4.51. The Hall–Kier alpha value is -0.120. The topological polar surface area (TPSA) is 9.72 Å². The predicted octanol–water partition coefficient (Wildman–Crippen LogP) is 2.03. The van der Waals surface area contributed by atoms with E-state index in [1.807, 2.05) is 0 Å². The fraction of sp³-hybridized carbons (Fsp3) is 1.00. The lowest BCUT2D eigenvalue weighted by atomic mass is 9.98. The van der Waals surface area contributed by atoms with Gasteiger partial charge in [0.1, 0.15) is 0 Å². The lowest BCUT2D eigenvalue weighted by molar-refractivity contribution is 0.00547. The number of hydrogen-bond acceptors (Lipinski definition) is 3. The molecule has 0 aromatic heterocycles. The number of fused-ring (bicyclic) bond motifs is 1. The number of piperidine rings is 1. The maximum atomic E-state index is 2.86. The summed E-state index contributed by atoms with van der Waals surface area (Å²) >= 11 is 0. The molecule has 0 bridgehead atoms. The van der Waals surface area contributed by atoms with Crippen LogP contribution in [0, 0.1) is 0 Å². The highest BCUT2D eigenvalue weighted by Gasteiger charge is 2.37. The Bertz CT molecular complexity index is 286. The van der Waals surface area contributed by atoms with Crippen LogP contribution in [0.3, 0.4) is 0 Å². The molecule has 2 atom stereocenters. The first-order valence-corrected chi connectivity index (χ1v) is 8.50. The minimum Gasteiger partial charge on any atom is -0.303 e. The monoisotopic (exact) mass is 265 g/mol. The molecule has 3 aliphatic heterocycles. The van der Waals surface area contributed by atoms with E-state index in [9.17, 15) is 0 Å². The summed E-state index contributed by atoms with van der Waals surface area (Å²) in [7, 11) is 0. The van der Waals surface area contributed by atoms with Crippen molar-refractivity contribution in [1.82, 2.24) is 14.7 Å². The fourth-order valence-electron chi connectivity index (χ4n) is 4.51. The quantitative estimate of drug-likeness (QED) is 0.773. The van der Waals surface area contributed by atoms with Gasteiger partial charge in [-0.25, -0.2) is 0 Å². The van der Waals surface area contributed by atoms with Gasteiger partial charge in [-0.15, -0.1) is 0 Å². The maximum Gasteiger partial charge on any atom is 0.0224 e. The average molecular weight is 265 g/mol. The van der Waals surface area contributed by atoms with Gasteiger partial charge in [-0.3, -0.25) is 9.80 Å². The summed E-state index contributed by atoms with van der Waals surface area (Å²) in [5.41, 5.74) is 0. The zero-order chi connectivity index (χ0) is 13.2. The van der Waals surface area contributed by atoms with Crippen LogP contribution in [0.25, 0.3) is 0 Å². The molecule has 110 valence electrons. The third-order valence-corrected chi connectivity index (χ3v) is 5.55. The molecule has 3 aliphatic rings. The average Bonchev–Trinajstić information content (AvgIpc) is 2.86. The standard InChI is InChI=1S/C16H31N3/c1-3-8-17-10-6-15(7-11-17)19-13-16-5-4-9-18(16)12-14(19)2/h14-16H,3-13H2,1-2H3. The molecule has 2 unspecified atom stereocenters. The van der Waals surface area contributed by atoms with Gasteiger partial charge in [-0.05, 0) is 65.2 Å². The molecule has 0 saturated carbocycles. The van der Waals surface area contributed by atoms with Crippen LogP contribution in [0.2, 0.25) is 0 Å². The van der Waals surface area contributed by atoms with E-state index in [4.69, 9.17) is 0 Å². The van der Waals surface area contributed by atoms with Gasteiger partial charge in [-0.1, -0.05) is 6.92 Å². The summed E-state index contributed by atoms with van der Waals surface area (Å²) in [6, 6.07) is 2.52. The third kappa shape index (κ3) is 2.98. The normalized spacial score (nSPS) is 35.7. The molecular weight excluding hydrogens is 234 g/mol. The molecule has 0 radical (unpaired) electrons.